The SMILES string of the molecule is COc1cc(Cl)c(O)c(C(C)CC(=O)O)c1. The summed E-state index contributed by atoms with van der Waals surface area (Å²) >= 11 is 5.80. The number of aromatic hydroxyl groups is 1. The first-order chi connectivity index (χ1) is 7.45. The molecule has 0 aliphatic carbocycles. The van der Waals surface area contributed by atoms with E-state index in [1.54, 1.807) is 13.0 Å². The van der Waals surface area contributed by atoms with Crippen molar-refractivity contribution in [1.82, 2.24) is 0 Å². The summed E-state index contributed by atoms with van der Waals surface area (Å²) in [6, 6.07) is 3.07. The Bertz CT molecular complexity index is 403. The van der Waals surface area contributed by atoms with Crippen LogP contribution in [0.5, 0.6) is 11.5 Å². The molecule has 16 heavy (non-hydrogen) atoms. The molecule has 1 rings (SSSR count). The molecule has 5 heteroatoms. The van der Waals surface area contributed by atoms with E-state index in [0.29, 0.717) is 11.3 Å². The van der Waals surface area contributed by atoms with E-state index in [-0.39, 0.29) is 23.1 Å². The number of carboxylic acids is 1. The van der Waals surface area contributed by atoms with Crippen molar-refractivity contribution in [3.63, 3.8) is 0 Å². The molecule has 0 amide bonds. The molecule has 0 saturated carbocycles. The number of aliphatic carboxylic acids is 1. The van der Waals surface area contributed by atoms with E-state index in [2.05, 4.69) is 0 Å². The van der Waals surface area contributed by atoms with Crippen LogP contribution in [-0.2, 0) is 4.79 Å². The Morgan fingerprint density at radius 2 is 2.19 bits per heavy atom. The molecule has 1 aromatic rings. The molecule has 0 heterocycles. The summed E-state index contributed by atoms with van der Waals surface area (Å²) in [5.41, 5.74) is 0.478. The molecular weight excluding hydrogens is 232 g/mol. The van der Waals surface area contributed by atoms with Crippen LogP contribution in [0, 0.1) is 0 Å². The molecule has 0 aliphatic rings. The van der Waals surface area contributed by atoms with Crippen LogP contribution in [0.3, 0.4) is 0 Å². The van der Waals surface area contributed by atoms with Crippen molar-refractivity contribution in [3.05, 3.63) is 22.7 Å². The van der Waals surface area contributed by atoms with Crippen molar-refractivity contribution >= 4 is 17.6 Å². The maximum Gasteiger partial charge on any atom is 0.303 e. The highest BCUT2D eigenvalue weighted by atomic mass is 35.5. The van der Waals surface area contributed by atoms with Crippen LogP contribution in [-0.4, -0.2) is 23.3 Å². The van der Waals surface area contributed by atoms with E-state index in [1.165, 1.54) is 13.2 Å². The van der Waals surface area contributed by atoms with E-state index in [0.717, 1.165) is 0 Å². The van der Waals surface area contributed by atoms with Crippen molar-refractivity contribution in [2.24, 2.45) is 0 Å². The van der Waals surface area contributed by atoms with Gasteiger partial charge in [-0.1, -0.05) is 18.5 Å². The van der Waals surface area contributed by atoms with Crippen LogP contribution in [0.25, 0.3) is 0 Å². The first-order valence-corrected chi connectivity index (χ1v) is 5.11. The number of rotatable bonds is 4. The van der Waals surface area contributed by atoms with E-state index < -0.39 is 5.97 Å². The van der Waals surface area contributed by atoms with E-state index in [1.807, 2.05) is 0 Å². The summed E-state index contributed by atoms with van der Waals surface area (Å²) in [6.45, 7) is 1.71. The topological polar surface area (TPSA) is 66.8 Å². The Balaban J connectivity index is 3.10. The van der Waals surface area contributed by atoms with Gasteiger partial charge < -0.3 is 14.9 Å². The molecule has 0 fully saturated rings. The minimum absolute atomic E-state index is 0.0724. The molecule has 0 aliphatic heterocycles. The second-order valence-electron chi connectivity index (χ2n) is 3.55. The Labute approximate surface area is 98.4 Å². The first kappa shape index (κ1) is 12.6. The van der Waals surface area contributed by atoms with Crippen molar-refractivity contribution in [1.29, 1.82) is 0 Å². The number of methoxy groups -OCH3 is 1. The van der Waals surface area contributed by atoms with Crippen molar-refractivity contribution in [3.8, 4) is 11.5 Å². The average Bonchev–Trinajstić information content (AvgIpc) is 2.20. The lowest BCUT2D eigenvalue weighted by Crippen LogP contribution is -2.03. The number of phenols is 1. The molecule has 1 unspecified atom stereocenters. The van der Waals surface area contributed by atoms with Crippen LogP contribution in [0.2, 0.25) is 5.02 Å². The van der Waals surface area contributed by atoms with Gasteiger partial charge in [0.05, 0.1) is 18.6 Å². The number of ether oxygens (including phenoxy) is 1. The summed E-state index contributed by atoms with van der Waals surface area (Å²) in [5.74, 6) is -0.845. The van der Waals surface area contributed by atoms with Gasteiger partial charge in [0.1, 0.15) is 11.5 Å². The van der Waals surface area contributed by atoms with Crippen LogP contribution in [0.4, 0.5) is 0 Å². The lowest BCUT2D eigenvalue weighted by molar-refractivity contribution is -0.137. The Hall–Kier alpha value is -1.42. The first-order valence-electron chi connectivity index (χ1n) is 4.74. The molecule has 0 bridgehead atoms. The Morgan fingerprint density at radius 1 is 1.56 bits per heavy atom. The molecule has 4 nitrogen and oxygen atoms in total. The molecule has 1 atom stereocenters. The largest absolute Gasteiger partial charge is 0.506 e. The number of carboxylic acid groups (broad SMARTS) is 1. The molecule has 2 N–H and O–H groups in total. The van der Waals surface area contributed by atoms with Gasteiger partial charge in [-0.15, -0.1) is 0 Å². The lowest BCUT2D eigenvalue weighted by atomic mass is 9.96. The summed E-state index contributed by atoms with van der Waals surface area (Å²) in [7, 11) is 1.48. The predicted octanol–water partition coefficient (Wildman–Crippen LogP) is 2.63. The van der Waals surface area contributed by atoms with Crippen LogP contribution >= 0.6 is 11.6 Å². The van der Waals surface area contributed by atoms with Gasteiger partial charge in [-0.3, -0.25) is 4.79 Å². The molecule has 0 aromatic heterocycles. The summed E-state index contributed by atoms with van der Waals surface area (Å²) in [4.78, 5) is 10.6. The summed E-state index contributed by atoms with van der Waals surface area (Å²) in [5, 5.41) is 18.6. The molecule has 0 saturated heterocycles. The highest BCUT2D eigenvalue weighted by molar-refractivity contribution is 6.32. The van der Waals surface area contributed by atoms with Gasteiger partial charge in [0.25, 0.3) is 0 Å². The monoisotopic (exact) mass is 244 g/mol. The fraction of sp³-hybridized carbons (Fsp3) is 0.364. The maximum atomic E-state index is 10.6. The van der Waals surface area contributed by atoms with Crippen molar-refractivity contribution in [2.45, 2.75) is 19.3 Å². The van der Waals surface area contributed by atoms with Crippen LogP contribution < -0.4 is 4.74 Å². The number of carbonyl (C=O) groups is 1. The van der Waals surface area contributed by atoms with Gasteiger partial charge in [0.2, 0.25) is 0 Å². The van der Waals surface area contributed by atoms with Crippen molar-refractivity contribution < 1.29 is 19.7 Å². The quantitative estimate of drug-likeness (QED) is 0.855. The molecular formula is C11H13ClO4. The predicted molar refractivity (Wildman–Crippen MR) is 60.3 cm³/mol. The molecule has 0 spiro atoms. The number of halogens is 1. The highest BCUT2D eigenvalue weighted by Gasteiger charge is 2.17. The zero-order valence-electron chi connectivity index (χ0n) is 9.03. The normalized spacial score (nSPS) is 12.2. The summed E-state index contributed by atoms with van der Waals surface area (Å²) < 4.78 is 5.00. The standard InChI is InChI=1S/C11H13ClO4/c1-6(3-10(13)14)8-4-7(16-2)5-9(12)11(8)15/h4-6,15H,3H2,1-2H3,(H,13,14). The fourth-order valence-electron chi connectivity index (χ4n) is 1.46. The molecule has 88 valence electrons. The third-order valence-corrected chi connectivity index (χ3v) is 2.60. The van der Waals surface area contributed by atoms with Gasteiger partial charge in [0, 0.05) is 11.6 Å². The second kappa shape index (κ2) is 5.07. The lowest BCUT2D eigenvalue weighted by Gasteiger charge is -2.14. The Kier molecular flexibility index (Phi) is 4.01. The third kappa shape index (κ3) is 2.79. The van der Waals surface area contributed by atoms with Crippen LogP contribution in [0.15, 0.2) is 12.1 Å². The second-order valence-corrected chi connectivity index (χ2v) is 3.95. The molecule has 1 aromatic carbocycles. The van der Waals surface area contributed by atoms with Gasteiger partial charge in [-0.25, -0.2) is 0 Å². The van der Waals surface area contributed by atoms with Gasteiger partial charge in [-0.2, -0.15) is 0 Å². The summed E-state index contributed by atoms with van der Waals surface area (Å²) in [6.07, 6.45) is -0.0724. The number of benzene rings is 1. The smallest absolute Gasteiger partial charge is 0.303 e. The van der Waals surface area contributed by atoms with E-state index in [9.17, 15) is 9.90 Å². The van der Waals surface area contributed by atoms with Gasteiger partial charge in [-0.05, 0) is 12.0 Å². The van der Waals surface area contributed by atoms with E-state index in [4.69, 9.17) is 21.4 Å². The minimum atomic E-state index is -0.925. The molecule has 0 radical (unpaired) electrons. The van der Waals surface area contributed by atoms with Crippen LogP contribution in [0.1, 0.15) is 24.8 Å². The Morgan fingerprint density at radius 3 is 2.69 bits per heavy atom. The zero-order valence-corrected chi connectivity index (χ0v) is 9.78. The van der Waals surface area contributed by atoms with Gasteiger partial charge in [0.15, 0.2) is 0 Å². The third-order valence-electron chi connectivity index (χ3n) is 2.31. The number of phenolic OH excluding ortho intramolecular Hbond substituents is 1. The number of hydrogen-bond acceptors (Lipinski definition) is 3. The maximum absolute atomic E-state index is 10.6. The van der Waals surface area contributed by atoms with Gasteiger partial charge >= 0.3 is 5.97 Å². The fourth-order valence-corrected chi connectivity index (χ4v) is 1.68. The number of hydrogen-bond donors (Lipinski definition) is 2. The minimum Gasteiger partial charge on any atom is -0.506 e. The zero-order chi connectivity index (χ0) is 12.3. The van der Waals surface area contributed by atoms with E-state index >= 15 is 0 Å². The highest BCUT2D eigenvalue weighted by Crippen LogP contribution is 2.37. The average molecular weight is 245 g/mol. The van der Waals surface area contributed by atoms with Crippen molar-refractivity contribution in [2.75, 3.05) is 7.11 Å².